The van der Waals surface area contributed by atoms with E-state index in [1.54, 1.807) is 24.3 Å². The zero-order valence-corrected chi connectivity index (χ0v) is 16.9. The van der Waals surface area contributed by atoms with E-state index < -0.39 is 20.7 Å². The molecule has 1 aliphatic rings. The number of benzene rings is 1. The number of carbonyl (C=O) groups is 2. The molecule has 0 bridgehead atoms. The summed E-state index contributed by atoms with van der Waals surface area (Å²) in [5.74, 6) is -1.33. The van der Waals surface area contributed by atoms with Crippen LogP contribution in [-0.2, 0) is 37.1 Å². The molecule has 10 heteroatoms. The maximum absolute atomic E-state index is 12.4. The molecule has 0 aromatic heterocycles. The first-order valence-electron chi connectivity index (χ1n) is 7.99. The lowest BCUT2D eigenvalue weighted by atomic mass is 10.1. The van der Waals surface area contributed by atoms with Gasteiger partial charge in [-0.05, 0) is 12.1 Å². The minimum absolute atomic E-state index is 0.0515. The number of methoxy groups -OCH3 is 2. The van der Waals surface area contributed by atoms with Crippen molar-refractivity contribution in [3.63, 3.8) is 0 Å². The van der Waals surface area contributed by atoms with Crippen molar-refractivity contribution in [3.05, 3.63) is 35.5 Å². The number of nitrogens with zero attached hydrogens (tertiary/aromatic N) is 1. The van der Waals surface area contributed by atoms with Crippen molar-refractivity contribution in [1.82, 2.24) is 0 Å². The molecular weight excluding hydrogens is 374 g/mol. The molecule has 0 aliphatic carbocycles. The molecule has 0 spiro atoms. The molecule has 148 valence electrons. The monoisotopic (exact) mass is 397 g/mol. The van der Waals surface area contributed by atoms with Gasteiger partial charge in [0, 0.05) is 32.2 Å². The second-order valence-corrected chi connectivity index (χ2v) is 8.35. The van der Waals surface area contributed by atoms with Gasteiger partial charge < -0.3 is 32.4 Å². The van der Waals surface area contributed by atoms with E-state index in [-0.39, 0.29) is 24.6 Å². The van der Waals surface area contributed by atoms with Gasteiger partial charge >= 0.3 is 20.7 Å². The summed E-state index contributed by atoms with van der Waals surface area (Å²) < 4.78 is 31.6. The van der Waals surface area contributed by atoms with Gasteiger partial charge in [0.15, 0.2) is 0 Å². The van der Waals surface area contributed by atoms with Crippen molar-refractivity contribution < 1.29 is 37.1 Å². The summed E-state index contributed by atoms with van der Waals surface area (Å²) in [7, 11) is 3.91. The molecule has 0 unspecified atom stereocenters. The topological polar surface area (TPSA) is 92.8 Å². The summed E-state index contributed by atoms with van der Waals surface area (Å²) in [6.45, 7) is -0.00389. The minimum Gasteiger partial charge on any atom is -0.466 e. The smallest absolute Gasteiger partial charge is 0.466 e. The largest absolute Gasteiger partial charge is 0.536 e. The molecular formula is C17H23NO8Si. The molecule has 1 heterocycles. The van der Waals surface area contributed by atoms with E-state index in [0.29, 0.717) is 10.9 Å². The summed E-state index contributed by atoms with van der Waals surface area (Å²) in [5, 5.41) is 0.682. The van der Waals surface area contributed by atoms with Gasteiger partial charge in [0.1, 0.15) is 12.4 Å². The van der Waals surface area contributed by atoms with E-state index in [1.807, 2.05) is 0 Å². The highest BCUT2D eigenvalue weighted by atomic mass is 28.4. The van der Waals surface area contributed by atoms with Crippen molar-refractivity contribution in [3.8, 4) is 0 Å². The van der Waals surface area contributed by atoms with E-state index >= 15 is 0 Å². The zero-order chi connectivity index (χ0) is 20.0. The SMILES string of the molecule is COC(=O)C1=C(C(=O)OC)N(c2cccc([Si](OC)(OC)OC)c2)COC1. The fraction of sp³-hybridized carbons (Fsp3) is 0.412. The van der Waals surface area contributed by atoms with Crippen molar-refractivity contribution in [2.24, 2.45) is 0 Å². The second kappa shape index (κ2) is 9.11. The van der Waals surface area contributed by atoms with E-state index in [0.717, 1.165) is 0 Å². The van der Waals surface area contributed by atoms with Gasteiger partial charge in [-0.25, -0.2) is 9.59 Å². The molecule has 0 N–H and O–H groups in total. The molecule has 9 nitrogen and oxygen atoms in total. The number of ether oxygens (including phenoxy) is 3. The fourth-order valence-corrected chi connectivity index (χ4v) is 4.65. The molecule has 0 saturated heterocycles. The summed E-state index contributed by atoms with van der Waals surface area (Å²) in [4.78, 5) is 26.0. The van der Waals surface area contributed by atoms with Crippen molar-refractivity contribution >= 4 is 31.6 Å². The molecule has 2 rings (SSSR count). The van der Waals surface area contributed by atoms with Crippen LogP contribution in [0.4, 0.5) is 5.69 Å². The Morgan fingerprint density at radius 1 is 1.00 bits per heavy atom. The molecule has 0 atom stereocenters. The average Bonchev–Trinajstić information content (AvgIpc) is 2.74. The van der Waals surface area contributed by atoms with Crippen LogP contribution in [0.25, 0.3) is 0 Å². The Balaban J connectivity index is 2.57. The Morgan fingerprint density at radius 3 is 2.19 bits per heavy atom. The van der Waals surface area contributed by atoms with Crippen LogP contribution >= 0.6 is 0 Å². The van der Waals surface area contributed by atoms with Gasteiger partial charge in [-0.3, -0.25) is 0 Å². The first-order chi connectivity index (χ1) is 13.0. The predicted octanol–water partition coefficient (Wildman–Crippen LogP) is 0.166. The van der Waals surface area contributed by atoms with Crippen LogP contribution in [0.3, 0.4) is 0 Å². The number of carbonyl (C=O) groups excluding carboxylic acids is 2. The summed E-state index contributed by atoms with van der Waals surface area (Å²) in [6, 6.07) is 7.09. The van der Waals surface area contributed by atoms with Crippen LogP contribution in [0.15, 0.2) is 35.5 Å². The zero-order valence-electron chi connectivity index (χ0n) is 15.9. The van der Waals surface area contributed by atoms with Gasteiger partial charge in [0.05, 0.1) is 26.4 Å². The third kappa shape index (κ3) is 4.04. The number of anilines is 1. The van der Waals surface area contributed by atoms with Crippen molar-refractivity contribution in [2.75, 3.05) is 53.8 Å². The van der Waals surface area contributed by atoms with Crippen LogP contribution in [0.2, 0.25) is 0 Å². The highest BCUT2D eigenvalue weighted by Gasteiger charge is 2.41. The van der Waals surface area contributed by atoms with Gasteiger partial charge in [0.2, 0.25) is 0 Å². The Bertz CT molecular complexity index is 723. The van der Waals surface area contributed by atoms with E-state index in [4.69, 9.17) is 27.5 Å². The Kier molecular flexibility index (Phi) is 7.10. The normalized spacial score (nSPS) is 14.9. The van der Waals surface area contributed by atoms with Gasteiger partial charge in [-0.15, -0.1) is 0 Å². The van der Waals surface area contributed by atoms with Crippen LogP contribution < -0.4 is 10.1 Å². The number of rotatable bonds is 7. The molecule has 0 fully saturated rings. The van der Waals surface area contributed by atoms with E-state index in [1.165, 1.54) is 40.4 Å². The lowest BCUT2D eigenvalue weighted by Gasteiger charge is -2.32. The van der Waals surface area contributed by atoms with Crippen molar-refractivity contribution in [1.29, 1.82) is 0 Å². The average molecular weight is 397 g/mol. The second-order valence-electron chi connectivity index (χ2n) is 5.43. The van der Waals surface area contributed by atoms with Crippen LogP contribution in [0, 0.1) is 0 Å². The number of hydrogen-bond acceptors (Lipinski definition) is 9. The molecule has 1 aliphatic heterocycles. The van der Waals surface area contributed by atoms with Gasteiger partial charge in [-0.2, -0.15) is 0 Å². The van der Waals surface area contributed by atoms with Crippen LogP contribution in [0.1, 0.15) is 0 Å². The third-order valence-electron chi connectivity index (χ3n) is 4.15. The molecule has 0 amide bonds. The molecule has 1 aromatic rings. The predicted molar refractivity (Wildman–Crippen MR) is 97.2 cm³/mol. The summed E-state index contributed by atoms with van der Waals surface area (Å²) in [6.07, 6.45) is 0. The van der Waals surface area contributed by atoms with Crippen LogP contribution in [-0.4, -0.2) is 69.6 Å². The lowest BCUT2D eigenvalue weighted by molar-refractivity contribution is -0.140. The van der Waals surface area contributed by atoms with Crippen LogP contribution in [0.5, 0.6) is 0 Å². The highest BCUT2D eigenvalue weighted by Crippen LogP contribution is 2.26. The van der Waals surface area contributed by atoms with E-state index in [9.17, 15) is 9.59 Å². The number of hydrogen-bond donors (Lipinski definition) is 0. The first kappa shape index (κ1) is 21.1. The summed E-state index contributed by atoms with van der Waals surface area (Å²) in [5.41, 5.74) is 0.721. The fourth-order valence-electron chi connectivity index (χ4n) is 2.82. The molecule has 0 saturated carbocycles. The lowest BCUT2D eigenvalue weighted by Crippen LogP contribution is -2.54. The molecule has 27 heavy (non-hydrogen) atoms. The standard InChI is InChI=1S/C17H23NO8Si/c1-21-16(19)14-10-26-11-18(15(14)17(20)22-2)12-7-6-8-13(9-12)27(23-3,24-4)25-5/h6-9H,10-11H2,1-5H3. The third-order valence-corrected chi connectivity index (χ3v) is 6.78. The maximum atomic E-state index is 12.4. The van der Waals surface area contributed by atoms with Gasteiger partial charge in [-0.1, -0.05) is 12.1 Å². The number of esters is 2. The molecule has 0 radical (unpaired) electrons. The Morgan fingerprint density at radius 2 is 1.63 bits per heavy atom. The first-order valence-corrected chi connectivity index (χ1v) is 9.71. The quantitative estimate of drug-likeness (QED) is 0.471. The van der Waals surface area contributed by atoms with E-state index in [2.05, 4.69) is 0 Å². The molecule has 1 aromatic carbocycles. The van der Waals surface area contributed by atoms with Gasteiger partial charge in [0.25, 0.3) is 0 Å². The van der Waals surface area contributed by atoms with Crippen molar-refractivity contribution in [2.45, 2.75) is 0 Å². The highest BCUT2D eigenvalue weighted by molar-refractivity contribution is 6.75. The minimum atomic E-state index is -3.08. The summed E-state index contributed by atoms with van der Waals surface area (Å²) >= 11 is 0. The maximum Gasteiger partial charge on any atom is 0.536 e. The Labute approximate surface area is 158 Å². The Hall–Kier alpha value is -2.24.